The van der Waals surface area contributed by atoms with Crippen LogP contribution in [0.25, 0.3) is 0 Å². The molecule has 1 heterocycles. The summed E-state index contributed by atoms with van der Waals surface area (Å²) in [6.45, 7) is 0. The number of methoxy groups -OCH3 is 1. The van der Waals surface area contributed by atoms with Crippen molar-refractivity contribution in [3.8, 4) is 0 Å². The number of rotatable bonds is 2. The van der Waals surface area contributed by atoms with Gasteiger partial charge in [0.2, 0.25) is 0 Å². The summed E-state index contributed by atoms with van der Waals surface area (Å²) in [6, 6.07) is 0. The summed E-state index contributed by atoms with van der Waals surface area (Å²) in [5.74, 6) is -0.296. The van der Waals surface area contributed by atoms with Crippen LogP contribution in [0, 0.1) is 0 Å². The molecule has 0 spiro atoms. The monoisotopic (exact) mass is 171 g/mol. The van der Waals surface area contributed by atoms with Crippen LogP contribution in [-0.4, -0.2) is 20.1 Å². The third kappa shape index (κ3) is 1.51. The Bertz CT molecular complexity index is 257. The summed E-state index contributed by atoms with van der Waals surface area (Å²) in [5, 5.41) is 6.53. The highest BCUT2D eigenvalue weighted by molar-refractivity contribution is 7.08. The quantitative estimate of drug-likeness (QED) is 0.686. The van der Waals surface area contributed by atoms with Crippen LogP contribution in [0.3, 0.4) is 0 Å². The van der Waals surface area contributed by atoms with E-state index in [0.717, 1.165) is 5.69 Å². The predicted octanol–water partition coefficient (Wildman–Crippen LogP) is 1.58. The highest BCUT2D eigenvalue weighted by Crippen LogP contribution is 2.20. The molecule has 3 nitrogen and oxygen atoms in total. The van der Waals surface area contributed by atoms with Gasteiger partial charge >= 0.3 is 5.97 Å². The number of nitrogens with one attached hydrogen (secondary N) is 1. The number of esters is 1. The molecule has 1 aromatic rings. The summed E-state index contributed by atoms with van der Waals surface area (Å²) >= 11 is 1.47. The van der Waals surface area contributed by atoms with E-state index in [0.29, 0.717) is 5.56 Å². The van der Waals surface area contributed by atoms with Gasteiger partial charge in [-0.3, -0.25) is 0 Å². The smallest absolute Gasteiger partial charge is 0.340 e. The first-order valence-corrected chi connectivity index (χ1v) is 4.06. The van der Waals surface area contributed by atoms with Crippen LogP contribution in [0.15, 0.2) is 10.8 Å². The van der Waals surface area contributed by atoms with Crippen LogP contribution in [-0.2, 0) is 4.74 Å². The van der Waals surface area contributed by atoms with Gasteiger partial charge in [0.05, 0.1) is 18.4 Å². The highest BCUT2D eigenvalue weighted by atomic mass is 32.1. The fraction of sp³-hybridized carbons (Fsp3) is 0.286. The summed E-state index contributed by atoms with van der Waals surface area (Å²) in [6.07, 6.45) is 0. The van der Waals surface area contributed by atoms with Crippen molar-refractivity contribution in [2.75, 3.05) is 19.5 Å². The van der Waals surface area contributed by atoms with Crippen molar-refractivity contribution in [2.24, 2.45) is 0 Å². The van der Waals surface area contributed by atoms with E-state index in [4.69, 9.17) is 0 Å². The molecule has 0 saturated heterocycles. The Labute approximate surface area is 69.0 Å². The van der Waals surface area contributed by atoms with E-state index in [-0.39, 0.29) is 5.97 Å². The highest BCUT2D eigenvalue weighted by Gasteiger charge is 2.10. The molecule has 1 N–H and O–H groups in total. The minimum atomic E-state index is -0.296. The second kappa shape index (κ2) is 3.39. The maximum Gasteiger partial charge on any atom is 0.340 e. The number of ether oxygens (including phenoxy) is 1. The maximum atomic E-state index is 11.0. The molecule has 4 heteroatoms. The third-order valence-electron chi connectivity index (χ3n) is 1.34. The first-order valence-electron chi connectivity index (χ1n) is 3.12. The first kappa shape index (κ1) is 8.07. The van der Waals surface area contributed by atoms with Gasteiger partial charge in [0.25, 0.3) is 0 Å². The van der Waals surface area contributed by atoms with Gasteiger partial charge in [0.15, 0.2) is 0 Å². The van der Waals surface area contributed by atoms with Crippen LogP contribution < -0.4 is 5.32 Å². The maximum absolute atomic E-state index is 11.0. The Balaban J connectivity index is 2.92. The Morgan fingerprint density at radius 2 is 2.36 bits per heavy atom. The molecule has 0 aliphatic carbocycles. The average Bonchev–Trinajstić information content (AvgIpc) is 2.50. The van der Waals surface area contributed by atoms with Crippen LogP contribution in [0.5, 0.6) is 0 Å². The summed E-state index contributed by atoms with van der Waals surface area (Å²) in [5.41, 5.74) is 1.42. The molecule has 0 aromatic carbocycles. The molecule has 0 saturated carbocycles. The zero-order valence-corrected chi connectivity index (χ0v) is 7.20. The number of anilines is 1. The lowest BCUT2D eigenvalue weighted by atomic mass is 10.3. The molecule has 0 fully saturated rings. The molecule has 60 valence electrons. The fourth-order valence-electron chi connectivity index (χ4n) is 0.759. The summed E-state index contributed by atoms with van der Waals surface area (Å²) in [7, 11) is 3.15. The number of hydrogen-bond donors (Lipinski definition) is 1. The van der Waals surface area contributed by atoms with Crippen molar-refractivity contribution < 1.29 is 9.53 Å². The minimum Gasteiger partial charge on any atom is -0.465 e. The van der Waals surface area contributed by atoms with Gasteiger partial charge in [-0.15, -0.1) is 11.3 Å². The zero-order valence-electron chi connectivity index (χ0n) is 6.38. The summed E-state index contributed by atoms with van der Waals surface area (Å²) in [4.78, 5) is 11.0. The molecule has 0 bridgehead atoms. The van der Waals surface area contributed by atoms with E-state index >= 15 is 0 Å². The number of carbonyl (C=O) groups excluding carboxylic acids is 1. The third-order valence-corrected chi connectivity index (χ3v) is 2.08. The van der Waals surface area contributed by atoms with Gasteiger partial charge in [-0.05, 0) is 0 Å². The van der Waals surface area contributed by atoms with Crippen LogP contribution in [0.2, 0.25) is 0 Å². The molecule has 1 rings (SSSR count). The molecule has 0 radical (unpaired) electrons. The second-order valence-corrected chi connectivity index (χ2v) is 2.68. The van der Waals surface area contributed by atoms with Gasteiger partial charge in [0, 0.05) is 17.8 Å². The van der Waals surface area contributed by atoms with Gasteiger partial charge in [-0.25, -0.2) is 4.79 Å². The molecular formula is C7H9NO2S. The molecule has 0 amide bonds. The van der Waals surface area contributed by atoms with Crippen LogP contribution in [0.1, 0.15) is 10.4 Å². The Morgan fingerprint density at radius 3 is 2.91 bits per heavy atom. The number of carbonyl (C=O) groups is 1. The second-order valence-electron chi connectivity index (χ2n) is 1.94. The van der Waals surface area contributed by atoms with Crippen molar-refractivity contribution in [1.82, 2.24) is 0 Å². The van der Waals surface area contributed by atoms with Crippen molar-refractivity contribution in [1.29, 1.82) is 0 Å². The van der Waals surface area contributed by atoms with Gasteiger partial charge in [-0.2, -0.15) is 0 Å². The largest absolute Gasteiger partial charge is 0.465 e. The Morgan fingerprint density at radius 1 is 1.64 bits per heavy atom. The fourth-order valence-corrected chi connectivity index (χ4v) is 1.57. The number of thiophene rings is 1. The Hall–Kier alpha value is -1.03. The van der Waals surface area contributed by atoms with E-state index in [1.54, 1.807) is 12.4 Å². The lowest BCUT2D eigenvalue weighted by molar-refractivity contribution is 0.0602. The lowest BCUT2D eigenvalue weighted by Gasteiger charge is -1.99. The standard InChI is InChI=1S/C7H9NO2S/c1-8-6-4-11-3-5(6)7(9)10-2/h3-4,8H,1-2H3. The van der Waals surface area contributed by atoms with E-state index < -0.39 is 0 Å². The van der Waals surface area contributed by atoms with Crippen molar-refractivity contribution in [3.05, 3.63) is 16.3 Å². The molecule has 11 heavy (non-hydrogen) atoms. The topological polar surface area (TPSA) is 38.3 Å². The number of hydrogen-bond acceptors (Lipinski definition) is 4. The minimum absolute atomic E-state index is 0.296. The molecule has 0 aliphatic rings. The van der Waals surface area contributed by atoms with Crippen molar-refractivity contribution >= 4 is 23.0 Å². The van der Waals surface area contributed by atoms with Gasteiger partial charge < -0.3 is 10.1 Å². The van der Waals surface area contributed by atoms with Crippen molar-refractivity contribution in [2.45, 2.75) is 0 Å². The molecule has 1 aromatic heterocycles. The van der Waals surface area contributed by atoms with E-state index in [2.05, 4.69) is 10.1 Å². The SMILES string of the molecule is CNc1cscc1C(=O)OC. The van der Waals surface area contributed by atoms with Crippen LogP contribution in [0.4, 0.5) is 5.69 Å². The van der Waals surface area contributed by atoms with Crippen molar-refractivity contribution in [3.63, 3.8) is 0 Å². The normalized spacial score (nSPS) is 9.27. The average molecular weight is 171 g/mol. The molecule has 0 aliphatic heterocycles. The van der Waals surface area contributed by atoms with Gasteiger partial charge in [-0.1, -0.05) is 0 Å². The summed E-state index contributed by atoms with van der Waals surface area (Å²) < 4.78 is 4.56. The first-order chi connectivity index (χ1) is 5.29. The van der Waals surface area contributed by atoms with Crippen LogP contribution >= 0.6 is 11.3 Å². The van der Waals surface area contributed by atoms with Gasteiger partial charge in [0.1, 0.15) is 0 Å². The van der Waals surface area contributed by atoms with E-state index in [1.165, 1.54) is 18.4 Å². The van der Waals surface area contributed by atoms with E-state index in [9.17, 15) is 4.79 Å². The molecular weight excluding hydrogens is 162 g/mol. The lowest BCUT2D eigenvalue weighted by Crippen LogP contribution is -2.02. The Kier molecular flexibility index (Phi) is 2.48. The zero-order chi connectivity index (χ0) is 8.27. The molecule has 0 unspecified atom stereocenters. The molecule has 0 atom stereocenters. The van der Waals surface area contributed by atoms with E-state index in [1.807, 2.05) is 5.38 Å². The predicted molar refractivity (Wildman–Crippen MR) is 45.2 cm³/mol.